The first kappa shape index (κ1) is 17.9. The SMILES string of the molecule is COc1ccc([C@H](O)CNc2cccc(C(F)(F)F)n2)cc1OC. The van der Waals surface area contributed by atoms with Crippen LogP contribution in [0.3, 0.4) is 0 Å². The molecule has 0 fully saturated rings. The van der Waals surface area contributed by atoms with Gasteiger partial charge in [0.15, 0.2) is 11.5 Å². The van der Waals surface area contributed by atoms with Crippen molar-refractivity contribution in [2.24, 2.45) is 0 Å². The number of benzene rings is 1. The normalized spacial score (nSPS) is 12.6. The Labute approximate surface area is 137 Å². The number of hydrogen-bond acceptors (Lipinski definition) is 5. The molecule has 24 heavy (non-hydrogen) atoms. The third-order valence-electron chi connectivity index (χ3n) is 3.31. The molecule has 8 heteroatoms. The second kappa shape index (κ2) is 7.39. The van der Waals surface area contributed by atoms with E-state index < -0.39 is 18.0 Å². The first-order valence-corrected chi connectivity index (χ1v) is 7.03. The smallest absolute Gasteiger partial charge is 0.433 e. The van der Waals surface area contributed by atoms with Crippen LogP contribution in [-0.2, 0) is 6.18 Å². The number of methoxy groups -OCH3 is 2. The highest BCUT2D eigenvalue weighted by atomic mass is 19.4. The average Bonchev–Trinajstić information content (AvgIpc) is 2.58. The van der Waals surface area contributed by atoms with Gasteiger partial charge in [-0.1, -0.05) is 12.1 Å². The summed E-state index contributed by atoms with van der Waals surface area (Å²) in [6, 6.07) is 8.42. The highest BCUT2D eigenvalue weighted by Crippen LogP contribution is 2.30. The summed E-state index contributed by atoms with van der Waals surface area (Å²) in [6.07, 6.45) is -5.47. The maximum atomic E-state index is 12.6. The number of hydrogen-bond donors (Lipinski definition) is 2. The number of alkyl halides is 3. The Morgan fingerprint density at radius 1 is 1.12 bits per heavy atom. The van der Waals surface area contributed by atoms with Gasteiger partial charge in [-0.2, -0.15) is 13.2 Å². The molecule has 2 N–H and O–H groups in total. The lowest BCUT2D eigenvalue weighted by Crippen LogP contribution is -2.15. The van der Waals surface area contributed by atoms with E-state index in [2.05, 4.69) is 10.3 Å². The van der Waals surface area contributed by atoms with Crippen LogP contribution in [-0.4, -0.2) is 30.9 Å². The molecule has 0 saturated heterocycles. The minimum atomic E-state index is -4.51. The van der Waals surface area contributed by atoms with Crippen LogP contribution < -0.4 is 14.8 Å². The van der Waals surface area contributed by atoms with Crippen LogP contribution in [0.25, 0.3) is 0 Å². The summed E-state index contributed by atoms with van der Waals surface area (Å²) in [7, 11) is 2.97. The average molecular weight is 342 g/mol. The minimum Gasteiger partial charge on any atom is -0.493 e. The molecule has 0 unspecified atom stereocenters. The summed E-state index contributed by atoms with van der Waals surface area (Å²) in [5.74, 6) is 0.997. The zero-order chi connectivity index (χ0) is 17.7. The summed E-state index contributed by atoms with van der Waals surface area (Å²) < 4.78 is 48.1. The van der Waals surface area contributed by atoms with Gasteiger partial charge in [-0.3, -0.25) is 0 Å². The standard InChI is InChI=1S/C16H17F3N2O3/c1-23-12-7-6-10(8-13(12)24-2)11(22)9-20-15-5-3-4-14(21-15)16(17,18)19/h3-8,11,22H,9H2,1-2H3,(H,20,21)/t11-/m1/s1. The molecule has 2 aromatic rings. The molecule has 0 saturated carbocycles. The molecule has 1 heterocycles. The topological polar surface area (TPSA) is 63.6 Å². The third kappa shape index (κ3) is 4.29. The number of anilines is 1. The van der Waals surface area contributed by atoms with E-state index in [1.807, 2.05) is 0 Å². The Kier molecular flexibility index (Phi) is 5.50. The van der Waals surface area contributed by atoms with E-state index in [0.717, 1.165) is 6.07 Å². The second-order valence-corrected chi connectivity index (χ2v) is 4.92. The van der Waals surface area contributed by atoms with E-state index in [-0.39, 0.29) is 12.4 Å². The number of aliphatic hydroxyl groups excluding tert-OH is 1. The molecular weight excluding hydrogens is 325 g/mol. The van der Waals surface area contributed by atoms with E-state index in [1.54, 1.807) is 18.2 Å². The molecular formula is C16H17F3N2O3. The molecule has 0 amide bonds. The van der Waals surface area contributed by atoms with Crippen molar-refractivity contribution in [3.05, 3.63) is 47.7 Å². The molecule has 1 aromatic heterocycles. The molecule has 0 aliphatic rings. The van der Waals surface area contributed by atoms with Gasteiger partial charge < -0.3 is 19.9 Å². The zero-order valence-electron chi connectivity index (χ0n) is 13.1. The monoisotopic (exact) mass is 342 g/mol. The van der Waals surface area contributed by atoms with E-state index in [9.17, 15) is 18.3 Å². The number of aromatic nitrogens is 1. The Hall–Kier alpha value is -2.48. The summed E-state index contributed by atoms with van der Waals surface area (Å²) >= 11 is 0. The highest BCUT2D eigenvalue weighted by Gasteiger charge is 2.32. The van der Waals surface area contributed by atoms with Crippen LogP contribution >= 0.6 is 0 Å². The number of halogens is 3. The number of pyridine rings is 1. The molecule has 0 aliphatic heterocycles. The fourth-order valence-electron chi connectivity index (χ4n) is 2.07. The van der Waals surface area contributed by atoms with Crippen molar-refractivity contribution in [3.8, 4) is 11.5 Å². The zero-order valence-corrected chi connectivity index (χ0v) is 13.1. The molecule has 0 aliphatic carbocycles. The van der Waals surface area contributed by atoms with Crippen LogP contribution in [0.2, 0.25) is 0 Å². The van der Waals surface area contributed by atoms with Crippen LogP contribution in [0.15, 0.2) is 36.4 Å². The van der Waals surface area contributed by atoms with E-state index in [1.165, 1.54) is 26.4 Å². The quantitative estimate of drug-likeness (QED) is 0.844. The van der Waals surface area contributed by atoms with Crippen molar-refractivity contribution in [2.75, 3.05) is 26.1 Å². The van der Waals surface area contributed by atoms with Crippen LogP contribution in [0, 0.1) is 0 Å². The number of ether oxygens (including phenoxy) is 2. The molecule has 130 valence electrons. The van der Waals surface area contributed by atoms with Gasteiger partial charge in [0.2, 0.25) is 0 Å². The van der Waals surface area contributed by atoms with Crippen molar-refractivity contribution in [2.45, 2.75) is 12.3 Å². The highest BCUT2D eigenvalue weighted by molar-refractivity contribution is 5.44. The maximum Gasteiger partial charge on any atom is 0.433 e. The Morgan fingerprint density at radius 3 is 2.46 bits per heavy atom. The Morgan fingerprint density at radius 2 is 1.83 bits per heavy atom. The van der Waals surface area contributed by atoms with Crippen LogP contribution in [0.4, 0.5) is 19.0 Å². The van der Waals surface area contributed by atoms with Crippen LogP contribution in [0.1, 0.15) is 17.4 Å². The van der Waals surface area contributed by atoms with Gasteiger partial charge in [-0.25, -0.2) is 4.98 Å². The maximum absolute atomic E-state index is 12.6. The van der Waals surface area contributed by atoms with Gasteiger partial charge in [-0.05, 0) is 29.8 Å². The Balaban J connectivity index is 2.07. The fraction of sp³-hybridized carbons (Fsp3) is 0.312. The summed E-state index contributed by atoms with van der Waals surface area (Å²) in [4.78, 5) is 3.48. The third-order valence-corrected chi connectivity index (χ3v) is 3.31. The lowest BCUT2D eigenvalue weighted by atomic mass is 10.1. The molecule has 0 spiro atoms. The predicted molar refractivity (Wildman–Crippen MR) is 82.2 cm³/mol. The Bertz CT molecular complexity index is 693. The lowest BCUT2D eigenvalue weighted by molar-refractivity contribution is -0.141. The summed E-state index contributed by atoms with van der Waals surface area (Å²) in [5, 5.41) is 12.9. The number of rotatable bonds is 6. The predicted octanol–water partition coefficient (Wildman–Crippen LogP) is 3.26. The van der Waals surface area contributed by atoms with Gasteiger partial charge in [0.1, 0.15) is 11.5 Å². The van der Waals surface area contributed by atoms with Gasteiger partial charge in [0.25, 0.3) is 0 Å². The van der Waals surface area contributed by atoms with Crippen molar-refractivity contribution < 1.29 is 27.8 Å². The number of nitrogens with zero attached hydrogens (tertiary/aromatic N) is 1. The number of nitrogens with one attached hydrogen (secondary N) is 1. The fourth-order valence-corrected chi connectivity index (χ4v) is 2.07. The molecule has 1 atom stereocenters. The molecule has 1 aromatic carbocycles. The van der Waals surface area contributed by atoms with Crippen molar-refractivity contribution in [1.29, 1.82) is 0 Å². The van der Waals surface area contributed by atoms with Crippen molar-refractivity contribution in [1.82, 2.24) is 4.98 Å². The summed E-state index contributed by atoms with van der Waals surface area (Å²) in [6.45, 7) is -0.0101. The largest absolute Gasteiger partial charge is 0.493 e. The van der Waals surface area contributed by atoms with Gasteiger partial charge in [-0.15, -0.1) is 0 Å². The van der Waals surface area contributed by atoms with Gasteiger partial charge >= 0.3 is 6.18 Å². The van der Waals surface area contributed by atoms with E-state index in [0.29, 0.717) is 17.1 Å². The van der Waals surface area contributed by atoms with E-state index in [4.69, 9.17) is 9.47 Å². The first-order valence-electron chi connectivity index (χ1n) is 7.03. The van der Waals surface area contributed by atoms with Crippen LogP contribution in [0.5, 0.6) is 11.5 Å². The summed E-state index contributed by atoms with van der Waals surface area (Å²) in [5.41, 5.74) is -0.458. The molecule has 0 radical (unpaired) electrons. The lowest BCUT2D eigenvalue weighted by Gasteiger charge is -2.15. The van der Waals surface area contributed by atoms with E-state index >= 15 is 0 Å². The van der Waals surface area contributed by atoms with Crippen molar-refractivity contribution >= 4 is 5.82 Å². The molecule has 0 bridgehead atoms. The van der Waals surface area contributed by atoms with Gasteiger partial charge in [0, 0.05) is 6.54 Å². The second-order valence-electron chi connectivity index (χ2n) is 4.92. The van der Waals surface area contributed by atoms with Crippen molar-refractivity contribution in [3.63, 3.8) is 0 Å². The molecule has 5 nitrogen and oxygen atoms in total. The van der Waals surface area contributed by atoms with Gasteiger partial charge in [0.05, 0.1) is 20.3 Å². The minimum absolute atomic E-state index is 0.0101. The first-order chi connectivity index (χ1) is 11.3. The molecule has 2 rings (SSSR count). The number of aliphatic hydroxyl groups is 1.